The molecule has 1 aromatic carbocycles. The van der Waals surface area contributed by atoms with E-state index in [-0.39, 0.29) is 18.1 Å². The maximum Gasteiger partial charge on any atom is 0.243 e. The van der Waals surface area contributed by atoms with Gasteiger partial charge in [0.25, 0.3) is 0 Å². The first-order valence-electron chi connectivity index (χ1n) is 8.82. The molecule has 142 valence electrons. The van der Waals surface area contributed by atoms with Crippen LogP contribution in [0.3, 0.4) is 0 Å². The number of carbonyl (C=O) groups is 1. The summed E-state index contributed by atoms with van der Waals surface area (Å²) >= 11 is 1.38. The molecule has 1 saturated carbocycles. The summed E-state index contributed by atoms with van der Waals surface area (Å²) in [5.41, 5.74) is 1.55. The van der Waals surface area contributed by atoms with Gasteiger partial charge in [-0.1, -0.05) is 32.4 Å². The van der Waals surface area contributed by atoms with Crippen molar-refractivity contribution in [2.24, 2.45) is 5.92 Å². The van der Waals surface area contributed by atoms with E-state index in [4.69, 9.17) is 0 Å². The standard InChI is InChI=1S/C18H23N3O3S2.H2/c1-3-21(4-2)26(23,24)15-10-8-13(9-11-15)16-12-25-18(19-16)20-17(22)14-6-5-7-14;/h8-12,14H,3-7H2,1-2H3,(H,19,20,22);1H. The summed E-state index contributed by atoms with van der Waals surface area (Å²) in [7, 11) is -3.46. The number of hydrogen-bond acceptors (Lipinski definition) is 5. The Kier molecular flexibility index (Phi) is 5.74. The van der Waals surface area contributed by atoms with E-state index in [1.54, 1.807) is 24.3 Å². The molecule has 0 bridgehead atoms. The molecule has 0 unspecified atom stereocenters. The third-order valence-corrected chi connectivity index (χ3v) is 7.53. The summed E-state index contributed by atoms with van der Waals surface area (Å²) in [6, 6.07) is 6.72. The second-order valence-corrected chi connectivity index (χ2v) is 9.06. The number of nitrogens with zero attached hydrogens (tertiary/aromatic N) is 2. The van der Waals surface area contributed by atoms with Crippen molar-refractivity contribution in [2.75, 3.05) is 18.4 Å². The van der Waals surface area contributed by atoms with Crippen LogP contribution in [0.5, 0.6) is 0 Å². The molecule has 8 heteroatoms. The van der Waals surface area contributed by atoms with E-state index in [1.165, 1.54) is 15.6 Å². The number of aromatic nitrogens is 1. The van der Waals surface area contributed by atoms with Crippen molar-refractivity contribution in [3.63, 3.8) is 0 Å². The molecule has 0 atom stereocenters. The van der Waals surface area contributed by atoms with Gasteiger partial charge in [-0.25, -0.2) is 13.4 Å². The third-order valence-electron chi connectivity index (χ3n) is 4.70. The Labute approximate surface area is 159 Å². The maximum absolute atomic E-state index is 12.5. The second-order valence-electron chi connectivity index (χ2n) is 6.27. The van der Waals surface area contributed by atoms with Gasteiger partial charge in [-0.15, -0.1) is 11.3 Å². The summed E-state index contributed by atoms with van der Waals surface area (Å²) in [5, 5.41) is 5.31. The maximum atomic E-state index is 12.5. The first kappa shape index (κ1) is 19.0. The number of rotatable bonds is 7. The molecule has 1 aliphatic rings. The van der Waals surface area contributed by atoms with Crippen LogP contribution in [0.1, 0.15) is 34.5 Å². The fourth-order valence-corrected chi connectivity index (χ4v) is 5.03. The molecule has 1 fully saturated rings. The molecule has 26 heavy (non-hydrogen) atoms. The van der Waals surface area contributed by atoms with Crippen molar-refractivity contribution in [3.05, 3.63) is 29.6 Å². The van der Waals surface area contributed by atoms with Gasteiger partial charge in [-0.2, -0.15) is 4.31 Å². The van der Waals surface area contributed by atoms with Crippen LogP contribution in [0.25, 0.3) is 11.3 Å². The van der Waals surface area contributed by atoms with Crippen molar-refractivity contribution in [2.45, 2.75) is 38.0 Å². The lowest BCUT2D eigenvalue weighted by Crippen LogP contribution is -2.30. The first-order chi connectivity index (χ1) is 12.5. The lowest BCUT2D eigenvalue weighted by molar-refractivity contribution is -0.122. The molecule has 0 radical (unpaired) electrons. The van der Waals surface area contributed by atoms with Gasteiger partial charge in [0.2, 0.25) is 15.9 Å². The van der Waals surface area contributed by atoms with E-state index >= 15 is 0 Å². The predicted octanol–water partition coefficient (Wildman–Crippen LogP) is 3.83. The minimum Gasteiger partial charge on any atom is -0.302 e. The summed E-state index contributed by atoms with van der Waals surface area (Å²) in [4.78, 5) is 16.7. The van der Waals surface area contributed by atoms with E-state index < -0.39 is 10.0 Å². The van der Waals surface area contributed by atoms with E-state index in [0.717, 1.165) is 30.5 Å². The fourth-order valence-electron chi connectivity index (χ4n) is 2.85. The minimum atomic E-state index is -3.46. The predicted molar refractivity (Wildman–Crippen MR) is 106 cm³/mol. The Morgan fingerprint density at radius 3 is 2.46 bits per heavy atom. The largest absolute Gasteiger partial charge is 0.302 e. The lowest BCUT2D eigenvalue weighted by atomic mass is 9.85. The van der Waals surface area contributed by atoms with Gasteiger partial charge in [0.1, 0.15) is 0 Å². The number of thiazole rings is 1. The molecule has 6 nitrogen and oxygen atoms in total. The normalized spacial score (nSPS) is 15.0. The van der Waals surface area contributed by atoms with Crippen LogP contribution in [0.4, 0.5) is 5.13 Å². The molecular weight excluding hydrogens is 370 g/mol. The monoisotopic (exact) mass is 395 g/mol. The molecule has 3 rings (SSSR count). The number of anilines is 1. The Balaban J connectivity index is 0.00000261. The van der Waals surface area contributed by atoms with Crippen LogP contribution >= 0.6 is 11.3 Å². The Morgan fingerprint density at radius 2 is 1.92 bits per heavy atom. The number of carbonyl (C=O) groups excluding carboxylic acids is 1. The molecule has 1 amide bonds. The van der Waals surface area contributed by atoms with Gasteiger partial charge >= 0.3 is 0 Å². The molecule has 0 aliphatic heterocycles. The van der Waals surface area contributed by atoms with Crippen LogP contribution < -0.4 is 5.32 Å². The van der Waals surface area contributed by atoms with Crippen LogP contribution in [0.15, 0.2) is 34.5 Å². The van der Waals surface area contributed by atoms with E-state index in [2.05, 4.69) is 10.3 Å². The zero-order valence-electron chi connectivity index (χ0n) is 14.9. The zero-order chi connectivity index (χ0) is 18.7. The average Bonchev–Trinajstić information content (AvgIpc) is 3.02. The van der Waals surface area contributed by atoms with E-state index in [1.807, 2.05) is 19.2 Å². The molecule has 0 spiro atoms. The van der Waals surface area contributed by atoms with Crippen molar-refractivity contribution in [1.82, 2.24) is 9.29 Å². The summed E-state index contributed by atoms with van der Waals surface area (Å²) < 4.78 is 26.5. The van der Waals surface area contributed by atoms with Crippen molar-refractivity contribution in [1.29, 1.82) is 0 Å². The molecular formula is C18H25N3O3S2. The van der Waals surface area contributed by atoms with Gasteiger partial charge < -0.3 is 5.32 Å². The Bertz CT molecular complexity index is 874. The number of benzene rings is 1. The van der Waals surface area contributed by atoms with Gasteiger partial charge in [-0.05, 0) is 25.0 Å². The highest BCUT2D eigenvalue weighted by Crippen LogP contribution is 2.30. The fraction of sp³-hybridized carbons (Fsp3) is 0.444. The van der Waals surface area contributed by atoms with Gasteiger partial charge in [0, 0.05) is 31.4 Å². The number of amides is 1. The van der Waals surface area contributed by atoms with Gasteiger partial charge in [-0.3, -0.25) is 4.79 Å². The number of hydrogen-bond donors (Lipinski definition) is 1. The summed E-state index contributed by atoms with van der Waals surface area (Å²) in [6.07, 6.45) is 3.02. The van der Waals surface area contributed by atoms with E-state index in [0.29, 0.717) is 18.2 Å². The summed E-state index contributed by atoms with van der Waals surface area (Å²) in [6.45, 7) is 4.53. The lowest BCUT2D eigenvalue weighted by Gasteiger charge is -2.23. The molecule has 1 aromatic heterocycles. The molecule has 1 N–H and O–H groups in total. The average molecular weight is 396 g/mol. The smallest absolute Gasteiger partial charge is 0.243 e. The van der Waals surface area contributed by atoms with Crippen molar-refractivity contribution >= 4 is 32.4 Å². The topological polar surface area (TPSA) is 79.4 Å². The van der Waals surface area contributed by atoms with Gasteiger partial charge in [0.15, 0.2) is 5.13 Å². The highest BCUT2D eigenvalue weighted by Gasteiger charge is 2.26. The Morgan fingerprint density at radius 1 is 1.27 bits per heavy atom. The number of nitrogens with one attached hydrogen (secondary N) is 1. The SMILES string of the molecule is CCN(CC)S(=O)(=O)c1ccc(-c2csc(NC(=O)C3CCC3)n2)cc1.[HH]. The zero-order valence-corrected chi connectivity index (χ0v) is 16.6. The molecule has 2 aromatic rings. The van der Waals surface area contributed by atoms with Gasteiger partial charge in [0.05, 0.1) is 10.6 Å². The van der Waals surface area contributed by atoms with E-state index in [9.17, 15) is 13.2 Å². The van der Waals surface area contributed by atoms with Crippen LogP contribution in [0.2, 0.25) is 0 Å². The van der Waals surface area contributed by atoms with Crippen LogP contribution in [-0.4, -0.2) is 36.7 Å². The molecule has 1 heterocycles. The van der Waals surface area contributed by atoms with Crippen molar-refractivity contribution in [3.8, 4) is 11.3 Å². The third kappa shape index (κ3) is 3.82. The summed E-state index contributed by atoms with van der Waals surface area (Å²) in [5.74, 6) is 0.157. The molecule has 1 aliphatic carbocycles. The number of sulfonamides is 1. The second kappa shape index (κ2) is 7.85. The minimum absolute atomic E-state index is 0. The molecule has 0 saturated heterocycles. The van der Waals surface area contributed by atoms with Crippen LogP contribution in [0, 0.1) is 5.92 Å². The van der Waals surface area contributed by atoms with Crippen LogP contribution in [-0.2, 0) is 14.8 Å². The Hall–Kier alpha value is -1.77. The quantitative estimate of drug-likeness (QED) is 0.773. The first-order valence-corrected chi connectivity index (χ1v) is 11.1. The highest BCUT2D eigenvalue weighted by molar-refractivity contribution is 7.89. The van der Waals surface area contributed by atoms with Crippen molar-refractivity contribution < 1.29 is 14.6 Å². The highest BCUT2D eigenvalue weighted by atomic mass is 32.2.